The van der Waals surface area contributed by atoms with E-state index in [1.165, 1.54) is 6.08 Å². The number of hydrogen-bond acceptors (Lipinski definition) is 5. The molecular formula is C18H19ClN2O4. The third kappa shape index (κ3) is 4.44. The van der Waals surface area contributed by atoms with Gasteiger partial charge in [-0.25, -0.2) is 0 Å². The number of halogens is 1. The number of ether oxygens (including phenoxy) is 3. The summed E-state index contributed by atoms with van der Waals surface area (Å²) < 4.78 is 16.7. The van der Waals surface area contributed by atoms with Crippen LogP contribution in [0.3, 0.4) is 0 Å². The molecule has 0 aromatic heterocycles. The molecule has 1 N–H and O–H groups in total. The number of carbonyl (C=O) groups excluding carboxylic acids is 1. The van der Waals surface area contributed by atoms with Crippen molar-refractivity contribution in [2.24, 2.45) is 0 Å². The van der Waals surface area contributed by atoms with E-state index in [-0.39, 0.29) is 11.7 Å². The topological polar surface area (TPSA) is 80.6 Å². The average molecular weight is 363 g/mol. The third-order valence-corrected chi connectivity index (χ3v) is 4.30. The van der Waals surface area contributed by atoms with Gasteiger partial charge in [0.2, 0.25) is 0 Å². The van der Waals surface area contributed by atoms with Crippen molar-refractivity contribution in [2.45, 2.75) is 25.4 Å². The number of nitrogens with zero attached hydrogens (tertiary/aromatic N) is 1. The van der Waals surface area contributed by atoms with E-state index >= 15 is 0 Å². The Hall–Kier alpha value is -2.23. The molecule has 1 amide bonds. The van der Waals surface area contributed by atoms with Gasteiger partial charge in [-0.15, -0.1) is 0 Å². The van der Waals surface area contributed by atoms with Crippen LogP contribution in [0.15, 0.2) is 17.7 Å². The molecule has 0 bridgehead atoms. The summed E-state index contributed by atoms with van der Waals surface area (Å²) >= 11 is 6.24. The zero-order valence-corrected chi connectivity index (χ0v) is 14.5. The summed E-state index contributed by atoms with van der Waals surface area (Å²) in [5.41, 5.74) is 0.613. The first-order valence-corrected chi connectivity index (χ1v) is 8.66. The molecule has 1 atom stereocenters. The van der Waals surface area contributed by atoms with Gasteiger partial charge in [-0.3, -0.25) is 4.79 Å². The Labute approximate surface area is 151 Å². The van der Waals surface area contributed by atoms with Crippen LogP contribution in [0.4, 0.5) is 0 Å². The lowest BCUT2D eigenvalue weighted by Gasteiger charge is -2.11. The van der Waals surface area contributed by atoms with Gasteiger partial charge in [-0.05, 0) is 36.6 Å². The van der Waals surface area contributed by atoms with Crippen molar-refractivity contribution in [3.63, 3.8) is 0 Å². The summed E-state index contributed by atoms with van der Waals surface area (Å²) in [4.78, 5) is 12.2. The Morgan fingerprint density at radius 2 is 2.16 bits per heavy atom. The molecule has 1 aromatic rings. The van der Waals surface area contributed by atoms with Crippen LogP contribution in [0.5, 0.6) is 11.5 Å². The zero-order chi connectivity index (χ0) is 17.6. The molecule has 3 rings (SSSR count). The first kappa shape index (κ1) is 17.6. The second kappa shape index (κ2) is 8.24. The minimum Gasteiger partial charge on any atom is -0.489 e. The predicted molar refractivity (Wildman–Crippen MR) is 92.6 cm³/mol. The highest BCUT2D eigenvalue weighted by atomic mass is 35.5. The molecule has 2 aliphatic heterocycles. The molecule has 0 radical (unpaired) electrons. The normalized spacial score (nSPS) is 19.8. The second-order valence-corrected chi connectivity index (χ2v) is 6.30. The number of rotatable bonds is 4. The number of fused-ring (bicyclic) bond motifs is 1. The Kier molecular flexibility index (Phi) is 5.79. The van der Waals surface area contributed by atoms with Gasteiger partial charge in [0.05, 0.1) is 24.3 Å². The monoisotopic (exact) mass is 362 g/mol. The van der Waals surface area contributed by atoms with E-state index in [1.54, 1.807) is 12.1 Å². The van der Waals surface area contributed by atoms with E-state index in [2.05, 4.69) is 5.32 Å². The van der Waals surface area contributed by atoms with E-state index < -0.39 is 5.91 Å². The van der Waals surface area contributed by atoms with Crippen molar-refractivity contribution in [1.29, 1.82) is 5.26 Å². The van der Waals surface area contributed by atoms with Crippen molar-refractivity contribution < 1.29 is 19.0 Å². The summed E-state index contributed by atoms with van der Waals surface area (Å²) in [7, 11) is 0. The van der Waals surface area contributed by atoms with Gasteiger partial charge in [-0.2, -0.15) is 5.26 Å². The van der Waals surface area contributed by atoms with E-state index in [1.807, 2.05) is 6.07 Å². The zero-order valence-electron chi connectivity index (χ0n) is 13.7. The largest absolute Gasteiger partial charge is 0.489 e. The molecule has 132 valence electrons. The fraction of sp³-hybridized carbons (Fsp3) is 0.444. The smallest absolute Gasteiger partial charge is 0.262 e. The van der Waals surface area contributed by atoms with Crippen LogP contribution in [0.1, 0.15) is 24.8 Å². The molecule has 0 spiro atoms. The molecule has 2 heterocycles. The summed E-state index contributed by atoms with van der Waals surface area (Å²) in [6.45, 7) is 2.19. The Balaban J connectivity index is 1.75. The van der Waals surface area contributed by atoms with Gasteiger partial charge in [0.25, 0.3) is 5.91 Å². The number of carbonyl (C=O) groups is 1. The molecule has 0 aliphatic carbocycles. The maximum absolute atomic E-state index is 12.2. The number of amides is 1. The molecule has 7 heteroatoms. The fourth-order valence-electron chi connectivity index (χ4n) is 2.76. The Morgan fingerprint density at radius 3 is 2.92 bits per heavy atom. The van der Waals surface area contributed by atoms with Crippen LogP contribution >= 0.6 is 11.6 Å². The lowest BCUT2D eigenvalue weighted by Crippen LogP contribution is -2.32. The SMILES string of the molecule is N#C/C(=C\c1cc(Cl)c2c(c1)OCCCO2)C(=O)NCC1CCCO1. The second-order valence-electron chi connectivity index (χ2n) is 5.90. The highest BCUT2D eigenvalue weighted by Crippen LogP contribution is 2.38. The van der Waals surface area contributed by atoms with Gasteiger partial charge < -0.3 is 19.5 Å². The van der Waals surface area contributed by atoms with Gasteiger partial charge in [0.15, 0.2) is 11.5 Å². The van der Waals surface area contributed by atoms with Crippen molar-refractivity contribution >= 4 is 23.6 Å². The van der Waals surface area contributed by atoms with Crippen molar-refractivity contribution in [2.75, 3.05) is 26.4 Å². The van der Waals surface area contributed by atoms with Crippen LogP contribution in [0, 0.1) is 11.3 Å². The molecule has 25 heavy (non-hydrogen) atoms. The highest BCUT2D eigenvalue weighted by Gasteiger charge is 2.19. The summed E-state index contributed by atoms with van der Waals surface area (Å²) in [6.07, 6.45) is 4.20. The molecule has 6 nitrogen and oxygen atoms in total. The van der Waals surface area contributed by atoms with Gasteiger partial charge in [0.1, 0.15) is 11.6 Å². The molecule has 1 aromatic carbocycles. The quantitative estimate of drug-likeness (QED) is 0.658. The van der Waals surface area contributed by atoms with E-state index in [0.29, 0.717) is 41.8 Å². The van der Waals surface area contributed by atoms with Gasteiger partial charge in [0, 0.05) is 19.6 Å². The van der Waals surface area contributed by atoms with Crippen LogP contribution in [-0.4, -0.2) is 38.4 Å². The molecule has 1 saturated heterocycles. The maximum atomic E-state index is 12.2. The molecule has 1 unspecified atom stereocenters. The minimum atomic E-state index is -0.429. The summed E-state index contributed by atoms with van der Waals surface area (Å²) in [6, 6.07) is 5.30. The Bertz CT molecular complexity index is 721. The predicted octanol–water partition coefficient (Wildman–Crippen LogP) is 2.70. The van der Waals surface area contributed by atoms with E-state index in [0.717, 1.165) is 25.9 Å². The first-order chi connectivity index (χ1) is 12.2. The number of benzene rings is 1. The molecule has 0 saturated carbocycles. The molecule has 1 fully saturated rings. The average Bonchev–Trinajstić information content (AvgIpc) is 3.01. The standard InChI is InChI=1S/C18H19ClN2O4/c19-15-8-12(9-16-17(15)25-6-2-5-24-16)7-13(10-20)18(22)21-11-14-3-1-4-23-14/h7-9,14H,1-6,11H2,(H,21,22)/b13-7+. The van der Waals surface area contributed by atoms with Crippen molar-refractivity contribution in [1.82, 2.24) is 5.32 Å². The Morgan fingerprint density at radius 1 is 1.32 bits per heavy atom. The molecular weight excluding hydrogens is 344 g/mol. The first-order valence-electron chi connectivity index (χ1n) is 8.28. The maximum Gasteiger partial charge on any atom is 0.262 e. The van der Waals surface area contributed by atoms with E-state index in [9.17, 15) is 10.1 Å². The number of nitrogens with one attached hydrogen (secondary N) is 1. The third-order valence-electron chi connectivity index (χ3n) is 4.01. The summed E-state index contributed by atoms with van der Waals surface area (Å²) in [5.74, 6) is 0.590. The summed E-state index contributed by atoms with van der Waals surface area (Å²) in [5, 5.41) is 12.4. The lowest BCUT2D eigenvalue weighted by atomic mass is 10.1. The van der Waals surface area contributed by atoms with Crippen LogP contribution in [0.25, 0.3) is 6.08 Å². The highest BCUT2D eigenvalue weighted by molar-refractivity contribution is 6.32. The lowest BCUT2D eigenvalue weighted by molar-refractivity contribution is -0.117. The van der Waals surface area contributed by atoms with Crippen LogP contribution in [-0.2, 0) is 9.53 Å². The number of nitriles is 1. The van der Waals surface area contributed by atoms with Crippen LogP contribution < -0.4 is 14.8 Å². The van der Waals surface area contributed by atoms with Gasteiger partial charge >= 0.3 is 0 Å². The minimum absolute atomic E-state index is 0.00329. The fourth-order valence-corrected chi connectivity index (χ4v) is 3.03. The van der Waals surface area contributed by atoms with Crippen molar-refractivity contribution in [3.05, 3.63) is 28.3 Å². The van der Waals surface area contributed by atoms with Crippen molar-refractivity contribution in [3.8, 4) is 17.6 Å². The van der Waals surface area contributed by atoms with E-state index in [4.69, 9.17) is 25.8 Å². The number of hydrogen-bond donors (Lipinski definition) is 1. The van der Waals surface area contributed by atoms with Gasteiger partial charge in [-0.1, -0.05) is 11.6 Å². The van der Waals surface area contributed by atoms with Crippen LogP contribution in [0.2, 0.25) is 5.02 Å². The molecule has 2 aliphatic rings.